The second-order valence-electron chi connectivity index (χ2n) is 5.54. The number of piperidine rings is 1. The van der Waals surface area contributed by atoms with Crippen LogP contribution in [0.25, 0.3) is 0 Å². The third-order valence-electron chi connectivity index (χ3n) is 3.89. The number of benzene rings is 1. The van der Waals surface area contributed by atoms with Gasteiger partial charge in [-0.15, -0.1) is 12.4 Å². The monoisotopic (exact) mass is 396 g/mol. The van der Waals surface area contributed by atoms with Crippen molar-refractivity contribution in [3.63, 3.8) is 0 Å². The molecule has 1 fully saturated rings. The van der Waals surface area contributed by atoms with E-state index in [-0.39, 0.29) is 27.9 Å². The summed E-state index contributed by atoms with van der Waals surface area (Å²) in [7, 11) is -2.44. The minimum absolute atomic E-state index is 0. The molecule has 0 radical (unpaired) electrons. The molecule has 0 aromatic heterocycles. The van der Waals surface area contributed by atoms with Crippen LogP contribution in [0.1, 0.15) is 29.6 Å². The maximum atomic E-state index is 12.3. The lowest BCUT2D eigenvalue weighted by molar-refractivity contribution is 0.0600. The average Bonchev–Trinajstić information content (AvgIpc) is 2.54. The van der Waals surface area contributed by atoms with Gasteiger partial charge < -0.3 is 10.1 Å². The minimum Gasteiger partial charge on any atom is -0.465 e. The Morgan fingerprint density at radius 3 is 2.79 bits per heavy atom. The Morgan fingerprint density at radius 1 is 1.46 bits per heavy atom. The van der Waals surface area contributed by atoms with Crippen molar-refractivity contribution in [3.05, 3.63) is 28.8 Å². The van der Waals surface area contributed by atoms with Gasteiger partial charge in [0.15, 0.2) is 0 Å². The van der Waals surface area contributed by atoms with Crippen LogP contribution in [0.2, 0.25) is 5.02 Å². The molecule has 6 nitrogen and oxygen atoms in total. The molecule has 1 atom stereocenters. The highest BCUT2D eigenvalue weighted by Gasteiger charge is 2.20. The number of sulfonamides is 1. The normalized spacial score (nSPS) is 17.8. The Balaban J connectivity index is 0.00000288. The maximum absolute atomic E-state index is 12.3. The zero-order valence-electron chi connectivity index (χ0n) is 13.4. The van der Waals surface area contributed by atoms with Crippen LogP contribution in [0, 0.1) is 5.92 Å². The number of esters is 1. The van der Waals surface area contributed by atoms with Gasteiger partial charge in [-0.25, -0.2) is 17.9 Å². The van der Waals surface area contributed by atoms with E-state index >= 15 is 0 Å². The van der Waals surface area contributed by atoms with E-state index in [1.807, 2.05) is 0 Å². The van der Waals surface area contributed by atoms with Gasteiger partial charge in [-0.2, -0.15) is 0 Å². The smallest absolute Gasteiger partial charge is 0.337 e. The molecule has 1 unspecified atom stereocenters. The highest BCUT2D eigenvalue weighted by atomic mass is 35.5. The van der Waals surface area contributed by atoms with Crippen molar-refractivity contribution in [2.24, 2.45) is 5.92 Å². The molecule has 1 saturated heterocycles. The summed E-state index contributed by atoms with van der Waals surface area (Å²) in [6.45, 7) is 2.32. The van der Waals surface area contributed by atoms with E-state index < -0.39 is 16.0 Å². The molecule has 24 heavy (non-hydrogen) atoms. The van der Waals surface area contributed by atoms with Gasteiger partial charge in [-0.3, -0.25) is 0 Å². The molecule has 0 amide bonds. The highest BCUT2D eigenvalue weighted by molar-refractivity contribution is 7.89. The van der Waals surface area contributed by atoms with Gasteiger partial charge in [0.2, 0.25) is 10.0 Å². The SMILES string of the molecule is COC(=O)c1ccc(S(=O)(=O)NCCC2CCCNC2)c(Cl)c1.Cl. The lowest BCUT2D eigenvalue weighted by Crippen LogP contribution is -2.33. The molecule has 0 spiro atoms. The molecule has 0 aliphatic carbocycles. The summed E-state index contributed by atoms with van der Waals surface area (Å²) < 4.78 is 31.8. The first-order chi connectivity index (χ1) is 10.9. The number of rotatable bonds is 6. The summed E-state index contributed by atoms with van der Waals surface area (Å²) in [5.74, 6) is -0.0720. The number of methoxy groups -OCH3 is 1. The van der Waals surface area contributed by atoms with Gasteiger partial charge in [0, 0.05) is 6.54 Å². The number of hydrogen-bond donors (Lipinski definition) is 2. The van der Waals surface area contributed by atoms with Gasteiger partial charge in [0.25, 0.3) is 0 Å². The van der Waals surface area contributed by atoms with Crippen molar-refractivity contribution in [1.82, 2.24) is 10.0 Å². The average molecular weight is 397 g/mol. The van der Waals surface area contributed by atoms with Crippen molar-refractivity contribution in [2.75, 3.05) is 26.7 Å². The van der Waals surface area contributed by atoms with E-state index in [2.05, 4.69) is 14.8 Å². The van der Waals surface area contributed by atoms with Crippen LogP contribution in [-0.4, -0.2) is 41.1 Å². The van der Waals surface area contributed by atoms with Gasteiger partial charge in [0.1, 0.15) is 4.90 Å². The predicted molar refractivity (Wildman–Crippen MR) is 95.4 cm³/mol. The Hall–Kier alpha value is -0.860. The van der Waals surface area contributed by atoms with Gasteiger partial charge in [0.05, 0.1) is 17.7 Å². The van der Waals surface area contributed by atoms with Crippen LogP contribution in [0.15, 0.2) is 23.1 Å². The van der Waals surface area contributed by atoms with Crippen LogP contribution in [0.4, 0.5) is 0 Å². The summed E-state index contributed by atoms with van der Waals surface area (Å²) in [4.78, 5) is 11.4. The molecule has 1 aliphatic heterocycles. The molecule has 1 heterocycles. The predicted octanol–water partition coefficient (Wildman–Crippen LogP) is 2.22. The Labute approximate surface area is 153 Å². The van der Waals surface area contributed by atoms with Crippen molar-refractivity contribution < 1.29 is 17.9 Å². The first kappa shape index (κ1) is 21.2. The molecule has 136 valence electrons. The third kappa shape index (κ3) is 5.60. The molecule has 2 N–H and O–H groups in total. The molecular formula is C15H22Cl2N2O4S. The zero-order valence-corrected chi connectivity index (χ0v) is 15.8. The lowest BCUT2D eigenvalue weighted by atomic mass is 9.96. The van der Waals surface area contributed by atoms with Crippen LogP contribution in [-0.2, 0) is 14.8 Å². The molecular weight excluding hydrogens is 375 g/mol. The molecule has 2 rings (SSSR count). The Bertz CT molecular complexity index is 661. The van der Waals surface area contributed by atoms with Gasteiger partial charge >= 0.3 is 5.97 Å². The molecule has 1 aromatic rings. The summed E-state index contributed by atoms with van der Waals surface area (Å²) in [5.41, 5.74) is 0.213. The van der Waals surface area contributed by atoms with E-state index in [0.717, 1.165) is 32.4 Å². The number of carbonyl (C=O) groups is 1. The molecule has 9 heteroatoms. The number of ether oxygens (including phenoxy) is 1. The lowest BCUT2D eigenvalue weighted by Gasteiger charge is -2.22. The largest absolute Gasteiger partial charge is 0.465 e. The summed E-state index contributed by atoms with van der Waals surface area (Å²) in [6.07, 6.45) is 3.02. The van der Waals surface area contributed by atoms with E-state index in [1.54, 1.807) is 0 Å². The molecule has 1 aromatic carbocycles. The van der Waals surface area contributed by atoms with Crippen molar-refractivity contribution in [2.45, 2.75) is 24.2 Å². The fourth-order valence-corrected chi connectivity index (χ4v) is 4.20. The number of nitrogens with one attached hydrogen (secondary N) is 2. The first-order valence-corrected chi connectivity index (χ1v) is 9.38. The van der Waals surface area contributed by atoms with Crippen LogP contribution in [0.3, 0.4) is 0 Å². The second kappa shape index (κ2) is 9.58. The maximum Gasteiger partial charge on any atom is 0.337 e. The Kier molecular flexibility index (Phi) is 8.45. The third-order valence-corrected chi connectivity index (χ3v) is 5.83. The fourth-order valence-electron chi connectivity index (χ4n) is 2.61. The summed E-state index contributed by atoms with van der Waals surface area (Å²) in [6, 6.07) is 4.00. The van der Waals surface area contributed by atoms with Crippen molar-refractivity contribution in [3.8, 4) is 0 Å². The fraction of sp³-hybridized carbons (Fsp3) is 0.533. The van der Waals surface area contributed by atoms with Crippen molar-refractivity contribution >= 4 is 40.0 Å². The van der Waals surface area contributed by atoms with Crippen LogP contribution >= 0.6 is 24.0 Å². The van der Waals surface area contributed by atoms with Crippen molar-refractivity contribution in [1.29, 1.82) is 0 Å². The topological polar surface area (TPSA) is 84.5 Å². The van der Waals surface area contributed by atoms with E-state index in [0.29, 0.717) is 12.5 Å². The van der Waals surface area contributed by atoms with Gasteiger partial charge in [-0.1, -0.05) is 11.6 Å². The van der Waals surface area contributed by atoms with E-state index in [9.17, 15) is 13.2 Å². The number of hydrogen-bond acceptors (Lipinski definition) is 5. The quantitative estimate of drug-likeness (QED) is 0.720. The first-order valence-electron chi connectivity index (χ1n) is 7.52. The highest BCUT2D eigenvalue weighted by Crippen LogP contribution is 2.23. The van der Waals surface area contributed by atoms with Crippen LogP contribution < -0.4 is 10.0 Å². The Morgan fingerprint density at radius 2 is 2.21 bits per heavy atom. The number of carbonyl (C=O) groups excluding carboxylic acids is 1. The van der Waals surface area contributed by atoms with Crippen LogP contribution in [0.5, 0.6) is 0 Å². The summed E-state index contributed by atoms with van der Waals surface area (Å²) in [5, 5.41) is 3.30. The molecule has 1 aliphatic rings. The molecule has 0 saturated carbocycles. The molecule has 0 bridgehead atoms. The van der Waals surface area contributed by atoms with E-state index in [1.165, 1.54) is 25.3 Å². The zero-order chi connectivity index (χ0) is 16.9. The summed E-state index contributed by atoms with van der Waals surface area (Å²) >= 11 is 6.01. The van der Waals surface area contributed by atoms with E-state index in [4.69, 9.17) is 11.6 Å². The number of halogens is 2. The van der Waals surface area contributed by atoms with Gasteiger partial charge in [-0.05, 0) is 56.5 Å². The standard InChI is InChI=1S/C15H21ClN2O4S.ClH/c1-22-15(19)12-4-5-14(13(16)9-12)23(20,21)18-8-6-11-3-2-7-17-10-11;/h4-5,9,11,17-18H,2-3,6-8,10H2,1H3;1H. The minimum atomic E-state index is -3.70. The second-order valence-corrected chi connectivity index (χ2v) is 7.68.